The van der Waals surface area contributed by atoms with Gasteiger partial charge in [-0.25, -0.2) is 14.2 Å². The van der Waals surface area contributed by atoms with Gasteiger partial charge in [0.1, 0.15) is 17.1 Å². The van der Waals surface area contributed by atoms with E-state index in [9.17, 15) is 14.0 Å². The van der Waals surface area contributed by atoms with Crippen LogP contribution in [-0.4, -0.2) is 45.6 Å². The molecule has 3 heterocycles. The topological polar surface area (TPSA) is 84.4 Å². The molecule has 2 amide bonds. The molecule has 0 aromatic carbocycles. The van der Waals surface area contributed by atoms with Crippen LogP contribution in [0.5, 0.6) is 0 Å². The summed E-state index contributed by atoms with van der Waals surface area (Å²) in [6.07, 6.45) is 1.21. The predicted molar refractivity (Wildman–Crippen MR) is 105 cm³/mol. The van der Waals surface area contributed by atoms with Gasteiger partial charge >= 0.3 is 6.09 Å². The van der Waals surface area contributed by atoms with E-state index in [1.807, 2.05) is 20.8 Å². The lowest BCUT2D eigenvalue weighted by Crippen LogP contribution is -2.36. The molecule has 2 aromatic heterocycles. The normalized spacial score (nSPS) is 22.9. The molecule has 154 valence electrons. The van der Waals surface area contributed by atoms with Crippen molar-refractivity contribution in [1.29, 1.82) is 0 Å². The third-order valence-corrected chi connectivity index (χ3v) is 6.08. The number of likely N-dealkylation sites (tertiary alicyclic amines) is 1. The summed E-state index contributed by atoms with van der Waals surface area (Å²) in [5.74, 6) is 0.221. The Bertz CT molecular complexity index is 930. The van der Waals surface area contributed by atoms with Crippen molar-refractivity contribution in [1.82, 2.24) is 20.2 Å². The number of rotatable bonds is 4. The second-order valence-corrected chi connectivity index (χ2v) is 9.31. The maximum Gasteiger partial charge on any atom is 0.410 e. The minimum atomic E-state index is -0.501. The zero-order chi connectivity index (χ0) is 20.8. The molecule has 2 aromatic rings. The fourth-order valence-electron chi connectivity index (χ4n) is 3.72. The maximum absolute atomic E-state index is 13.6. The zero-order valence-electron chi connectivity index (χ0n) is 16.5. The van der Waals surface area contributed by atoms with Crippen LogP contribution in [0.25, 0.3) is 0 Å². The average Bonchev–Trinajstić information content (AvgIpc) is 3.04. The average molecular weight is 418 g/mol. The van der Waals surface area contributed by atoms with Crippen LogP contribution in [0.15, 0.2) is 23.7 Å². The molecule has 0 bridgehead atoms. The number of aromatic nitrogens is 2. The highest BCUT2D eigenvalue weighted by molar-refractivity contribution is 7.10. The van der Waals surface area contributed by atoms with Gasteiger partial charge in [-0.05, 0) is 44.7 Å². The number of pyridine rings is 1. The molecular weight excluding hydrogens is 395 g/mol. The van der Waals surface area contributed by atoms with Gasteiger partial charge in [0, 0.05) is 30.6 Å². The van der Waals surface area contributed by atoms with Gasteiger partial charge in [-0.2, -0.15) is 0 Å². The summed E-state index contributed by atoms with van der Waals surface area (Å²) in [5.41, 5.74) is 0.0181. The van der Waals surface area contributed by atoms with E-state index in [4.69, 9.17) is 4.74 Å². The molecule has 1 aliphatic carbocycles. The van der Waals surface area contributed by atoms with Crippen LogP contribution < -0.4 is 5.32 Å². The molecule has 1 saturated heterocycles. The molecule has 2 fully saturated rings. The molecule has 1 aliphatic heterocycles. The third kappa shape index (κ3) is 4.24. The van der Waals surface area contributed by atoms with Gasteiger partial charge in [0.2, 0.25) is 0 Å². The standard InChI is InChI=1S/C20H23FN4O3S/c1-20(2,3)28-19(27)25-8-11-12(9-25)16(11)18-24-15(10-29-18)17(26)23-7-14-13(21)5-4-6-22-14/h4-6,10-12,16H,7-9H2,1-3H3,(H,23,26)/t11-,12+,16+. The Hall–Kier alpha value is -2.55. The Labute approximate surface area is 172 Å². The van der Waals surface area contributed by atoms with Gasteiger partial charge in [-0.15, -0.1) is 11.3 Å². The molecule has 1 N–H and O–H groups in total. The lowest BCUT2D eigenvalue weighted by molar-refractivity contribution is 0.0271. The van der Waals surface area contributed by atoms with Crippen molar-refractivity contribution < 1.29 is 18.7 Å². The van der Waals surface area contributed by atoms with E-state index >= 15 is 0 Å². The summed E-state index contributed by atoms with van der Waals surface area (Å²) < 4.78 is 19.0. The first-order chi connectivity index (χ1) is 13.7. The Morgan fingerprint density at radius 2 is 2.07 bits per heavy atom. The maximum atomic E-state index is 13.6. The minimum absolute atomic E-state index is 0.0118. The van der Waals surface area contributed by atoms with Gasteiger partial charge in [0.15, 0.2) is 0 Å². The van der Waals surface area contributed by atoms with Gasteiger partial charge < -0.3 is 15.0 Å². The molecule has 2 aliphatic rings. The first kappa shape index (κ1) is 19.8. The first-order valence-electron chi connectivity index (χ1n) is 9.54. The lowest BCUT2D eigenvalue weighted by Gasteiger charge is -2.25. The van der Waals surface area contributed by atoms with Gasteiger partial charge in [-0.1, -0.05) is 0 Å². The van der Waals surface area contributed by atoms with Crippen molar-refractivity contribution in [2.45, 2.75) is 38.8 Å². The molecule has 29 heavy (non-hydrogen) atoms. The number of amides is 2. The Morgan fingerprint density at radius 3 is 2.72 bits per heavy atom. The number of carbonyl (C=O) groups is 2. The predicted octanol–water partition coefficient (Wildman–Crippen LogP) is 3.19. The number of ether oxygens (including phenoxy) is 1. The zero-order valence-corrected chi connectivity index (χ0v) is 17.3. The molecular formula is C20H23FN4O3S. The van der Waals surface area contributed by atoms with Crippen molar-refractivity contribution in [3.63, 3.8) is 0 Å². The fourth-order valence-corrected chi connectivity index (χ4v) is 4.77. The SMILES string of the molecule is CC(C)(C)OC(=O)N1C[C@@H]2[C@H](C1)[C@H]2c1nc(C(=O)NCc2ncccc2F)cs1. The quantitative estimate of drug-likeness (QED) is 0.824. The number of hydrogen-bond donors (Lipinski definition) is 1. The molecule has 0 spiro atoms. The molecule has 4 rings (SSSR count). The van der Waals surface area contributed by atoms with Crippen LogP contribution in [-0.2, 0) is 11.3 Å². The number of nitrogens with zero attached hydrogens (tertiary/aromatic N) is 3. The lowest BCUT2D eigenvalue weighted by atomic mass is 10.2. The van der Waals surface area contributed by atoms with E-state index < -0.39 is 11.4 Å². The van der Waals surface area contributed by atoms with Crippen LogP contribution in [0.2, 0.25) is 0 Å². The van der Waals surface area contributed by atoms with E-state index in [-0.39, 0.29) is 30.2 Å². The van der Waals surface area contributed by atoms with Crippen molar-refractivity contribution in [2.24, 2.45) is 11.8 Å². The summed E-state index contributed by atoms with van der Waals surface area (Å²) in [5, 5.41) is 5.29. The molecule has 3 atom stereocenters. The molecule has 0 unspecified atom stereocenters. The number of nitrogens with one attached hydrogen (secondary N) is 1. The molecule has 9 heteroatoms. The van der Waals surface area contributed by atoms with Crippen molar-refractivity contribution in [2.75, 3.05) is 13.1 Å². The van der Waals surface area contributed by atoms with Crippen LogP contribution in [0.1, 0.15) is 47.9 Å². The number of fused-ring (bicyclic) bond motifs is 1. The van der Waals surface area contributed by atoms with Crippen LogP contribution in [0.4, 0.5) is 9.18 Å². The van der Waals surface area contributed by atoms with E-state index in [1.165, 1.54) is 29.7 Å². The van der Waals surface area contributed by atoms with Gasteiger partial charge in [0.25, 0.3) is 5.91 Å². The van der Waals surface area contributed by atoms with Crippen molar-refractivity contribution >= 4 is 23.3 Å². The van der Waals surface area contributed by atoms with E-state index in [2.05, 4.69) is 15.3 Å². The molecule has 0 radical (unpaired) electrons. The van der Waals surface area contributed by atoms with Gasteiger partial charge in [0.05, 0.1) is 17.2 Å². The number of carbonyl (C=O) groups excluding carboxylic acids is 2. The smallest absolute Gasteiger partial charge is 0.410 e. The van der Waals surface area contributed by atoms with Crippen LogP contribution in [0.3, 0.4) is 0 Å². The number of piperidine rings is 1. The first-order valence-corrected chi connectivity index (χ1v) is 10.4. The number of halogens is 1. The molecule has 1 saturated carbocycles. The minimum Gasteiger partial charge on any atom is -0.444 e. The second-order valence-electron chi connectivity index (χ2n) is 8.42. The summed E-state index contributed by atoms with van der Waals surface area (Å²) in [4.78, 5) is 34.6. The summed E-state index contributed by atoms with van der Waals surface area (Å²) in [6, 6.07) is 2.81. The Balaban J connectivity index is 1.30. The molecule has 7 nitrogen and oxygen atoms in total. The Kier molecular flexibility index (Phi) is 5.02. The van der Waals surface area contributed by atoms with Crippen LogP contribution >= 0.6 is 11.3 Å². The number of hydrogen-bond acceptors (Lipinski definition) is 6. The van der Waals surface area contributed by atoms with E-state index in [0.29, 0.717) is 30.6 Å². The second kappa shape index (κ2) is 7.37. The highest BCUT2D eigenvalue weighted by Crippen LogP contribution is 2.58. The van der Waals surface area contributed by atoms with Crippen molar-refractivity contribution in [3.8, 4) is 0 Å². The summed E-state index contributed by atoms with van der Waals surface area (Å²) in [6.45, 7) is 6.89. The van der Waals surface area contributed by atoms with Crippen molar-refractivity contribution in [3.05, 3.63) is 45.9 Å². The Morgan fingerprint density at radius 1 is 1.34 bits per heavy atom. The van der Waals surface area contributed by atoms with Crippen LogP contribution in [0, 0.1) is 17.7 Å². The monoisotopic (exact) mass is 418 g/mol. The number of thiazole rings is 1. The highest BCUT2D eigenvalue weighted by atomic mass is 32.1. The van der Waals surface area contributed by atoms with Gasteiger partial charge in [-0.3, -0.25) is 9.78 Å². The fraction of sp³-hybridized carbons (Fsp3) is 0.500. The summed E-state index contributed by atoms with van der Waals surface area (Å²) >= 11 is 1.45. The largest absolute Gasteiger partial charge is 0.444 e. The van der Waals surface area contributed by atoms with E-state index in [0.717, 1.165) is 5.01 Å². The van der Waals surface area contributed by atoms with E-state index in [1.54, 1.807) is 10.3 Å². The highest BCUT2D eigenvalue weighted by Gasteiger charge is 2.59. The third-order valence-electron chi connectivity index (χ3n) is 5.14. The summed E-state index contributed by atoms with van der Waals surface area (Å²) in [7, 11) is 0.